The molecule has 0 aromatic heterocycles. The maximum atomic E-state index is 13.5. The molecule has 3 aromatic rings. The normalized spacial score (nSPS) is 14.6. The van der Waals surface area contributed by atoms with E-state index in [1.807, 2.05) is 75.4 Å². The van der Waals surface area contributed by atoms with Crippen molar-refractivity contribution < 1.29 is 18.0 Å². The first-order chi connectivity index (χ1) is 17.7. The third kappa shape index (κ3) is 5.64. The predicted octanol–water partition coefficient (Wildman–Crippen LogP) is 4.71. The lowest BCUT2D eigenvalue weighted by Crippen LogP contribution is -2.49. The molecule has 1 atom stereocenters. The molecule has 0 bridgehead atoms. The van der Waals surface area contributed by atoms with Crippen LogP contribution in [0.4, 0.5) is 5.69 Å². The number of nitrogens with zero attached hydrogens (tertiary/aromatic N) is 2. The summed E-state index contributed by atoms with van der Waals surface area (Å²) in [6.45, 7) is 7.01. The molecule has 0 spiro atoms. The van der Waals surface area contributed by atoms with Crippen LogP contribution in [-0.4, -0.2) is 44.3 Å². The van der Waals surface area contributed by atoms with Crippen molar-refractivity contribution in [1.29, 1.82) is 0 Å². The summed E-state index contributed by atoms with van der Waals surface area (Å²) in [4.78, 5) is 28.5. The van der Waals surface area contributed by atoms with Gasteiger partial charge in [0.25, 0.3) is 10.0 Å². The van der Waals surface area contributed by atoms with Gasteiger partial charge in [0, 0.05) is 31.4 Å². The van der Waals surface area contributed by atoms with Gasteiger partial charge in [-0.1, -0.05) is 75.4 Å². The maximum absolute atomic E-state index is 13.5. The molecule has 0 radical (unpaired) electrons. The Hall–Kier alpha value is -3.39. The van der Waals surface area contributed by atoms with Gasteiger partial charge in [0.05, 0.1) is 10.6 Å². The first kappa shape index (κ1) is 26.7. The van der Waals surface area contributed by atoms with Gasteiger partial charge >= 0.3 is 0 Å². The average Bonchev–Trinajstić information content (AvgIpc) is 3.11. The van der Waals surface area contributed by atoms with Gasteiger partial charge in [-0.05, 0) is 41.8 Å². The number of hydrogen-bond donors (Lipinski definition) is 1. The average molecular weight is 522 g/mol. The first-order valence-electron chi connectivity index (χ1n) is 12.9. The molecule has 3 aromatic carbocycles. The van der Waals surface area contributed by atoms with Crippen molar-refractivity contribution in [2.45, 2.75) is 57.5 Å². The van der Waals surface area contributed by atoms with E-state index >= 15 is 0 Å². The van der Waals surface area contributed by atoms with E-state index in [4.69, 9.17) is 0 Å². The number of carbonyl (C=O) groups excluding carboxylic acids is 2. The van der Waals surface area contributed by atoms with E-state index in [1.165, 1.54) is 4.31 Å². The van der Waals surface area contributed by atoms with E-state index < -0.39 is 16.1 Å². The van der Waals surface area contributed by atoms with Crippen molar-refractivity contribution in [3.05, 3.63) is 72.3 Å². The Morgan fingerprint density at radius 3 is 2.35 bits per heavy atom. The molecule has 1 aliphatic heterocycles. The summed E-state index contributed by atoms with van der Waals surface area (Å²) in [5.41, 5.74) is 1.59. The Balaban J connectivity index is 1.50. The third-order valence-corrected chi connectivity index (χ3v) is 8.55. The second kappa shape index (κ2) is 11.3. The highest BCUT2D eigenvalue weighted by atomic mass is 32.2. The van der Waals surface area contributed by atoms with E-state index in [0.717, 1.165) is 16.3 Å². The first-order valence-corrected chi connectivity index (χ1v) is 14.3. The van der Waals surface area contributed by atoms with Crippen LogP contribution < -0.4 is 9.62 Å². The Labute approximate surface area is 219 Å². The molecular weight excluding hydrogens is 486 g/mol. The molecule has 0 saturated heterocycles. The van der Waals surface area contributed by atoms with Crippen LogP contribution in [0.5, 0.6) is 0 Å². The van der Waals surface area contributed by atoms with Crippen LogP contribution in [0.2, 0.25) is 0 Å². The van der Waals surface area contributed by atoms with Gasteiger partial charge in [-0.2, -0.15) is 0 Å². The molecule has 1 heterocycles. The SMILES string of the molecule is CCC(C(=O)NCC(C)C)N(Cc1ccccc1)C(=O)CCCN1c2cccc3cccc(c23)S1(=O)=O. The summed E-state index contributed by atoms with van der Waals surface area (Å²) in [5, 5.41) is 4.58. The number of amides is 2. The predicted molar refractivity (Wildman–Crippen MR) is 147 cm³/mol. The summed E-state index contributed by atoms with van der Waals surface area (Å²) >= 11 is 0. The summed E-state index contributed by atoms with van der Waals surface area (Å²) in [6.07, 6.45) is 0.969. The fraction of sp³-hybridized carbons (Fsp3) is 0.379. The topological polar surface area (TPSA) is 86.8 Å². The third-order valence-electron chi connectivity index (χ3n) is 6.70. The fourth-order valence-electron chi connectivity index (χ4n) is 4.84. The summed E-state index contributed by atoms with van der Waals surface area (Å²) < 4.78 is 27.9. The zero-order valence-corrected chi connectivity index (χ0v) is 22.5. The second-order valence-corrected chi connectivity index (χ2v) is 11.7. The Kier molecular flexibility index (Phi) is 8.17. The number of anilines is 1. The van der Waals surface area contributed by atoms with E-state index in [2.05, 4.69) is 5.32 Å². The summed E-state index contributed by atoms with van der Waals surface area (Å²) in [7, 11) is -3.67. The van der Waals surface area contributed by atoms with Crippen molar-refractivity contribution in [2.24, 2.45) is 5.92 Å². The molecule has 8 heteroatoms. The van der Waals surface area contributed by atoms with Crippen LogP contribution in [-0.2, 0) is 26.2 Å². The molecule has 1 aliphatic rings. The molecule has 0 saturated carbocycles. The van der Waals surface area contributed by atoms with E-state index in [0.29, 0.717) is 42.4 Å². The van der Waals surface area contributed by atoms with Crippen molar-refractivity contribution in [3.63, 3.8) is 0 Å². The van der Waals surface area contributed by atoms with Gasteiger partial charge < -0.3 is 10.2 Å². The van der Waals surface area contributed by atoms with Crippen LogP contribution in [0.25, 0.3) is 10.8 Å². The molecule has 1 unspecified atom stereocenters. The lowest BCUT2D eigenvalue weighted by atomic mass is 10.1. The van der Waals surface area contributed by atoms with Crippen LogP contribution in [0.1, 0.15) is 45.6 Å². The minimum atomic E-state index is -3.67. The van der Waals surface area contributed by atoms with Crippen molar-refractivity contribution in [3.8, 4) is 0 Å². The molecule has 37 heavy (non-hydrogen) atoms. The number of benzene rings is 3. The highest BCUT2D eigenvalue weighted by Gasteiger charge is 2.35. The second-order valence-electron chi connectivity index (χ2n) is 9.88. The van der Waals surface area contributed by atoms with Crippen LogP contribution in [0, 0.1) is 5.92 Å². The molecule has 1 N–H and O–H groups in total. The summed E-state index contributed by atoms with van der Waals surface area (Å²) in [6, 6.07) is 19.9. The number of sulfonamides is 1. The Morgan fingerprint density at radius 2 is 1.68 bits per heavy atom. The van der Waals surface area contributed by atoms with Gasteiger partial charge in [0.15, 0.2) is 0 Å². The quantitative estimate of drug-likeness (QED) is 0.396. The van der Waals surface area contributed by atoms with Crippen LogP contribution >= 0.6 is 0 Å². The lowest BCUT2D eigenvalue weighted by Gasteiger charge is -2.31. The maximum Gasteiger partial charge on any atom is 0.265 e. The van der Waals surface area contributed by atoms with Crippen LogP contribution in [0.15, 0.2) is 71.6 Å². The molecular formula is C29H35N3O4S. The highest BCUT2D eigenvalue weighted by Crippen LogP contribution is 2.42. The standard InChI is InChI=1S/C29H35N3O4S/c1-4-24(29(34)30-19-21(2)3)31(20-22-11-6-5-7-12-22)27(33)17-10-18-32-25-15-8-13-23-14-9-16-26(28(23)25)37(32,35)36/h5-9,11-16,21,24H,4,10,17-20H2,1-3H3,(H,30,34). The molecule has 2 amide bonds. The number of carbonyl (C=O) groups is 2. The molecule has 196 valence electrons. The number of hydrogen-bond acceptors (Lipinski definition) is 4. The van der Waals surface area contributed by atoms with Gasteiger partial charge in [0.2, 0.25) is 11.8 Å². The fourth-order valence-corrected chi connectivity index (χ4v) is 6.59. The smallest absolute Gasteiger partial charge is 0.265 e. The molecule has 0 fully saturated rings. The van der Waals surface area contributed by atoms with E-state index in [9.17, 15) is 18.0 Å². The van der Waals surface area contributed by atoms with Gasteiger partial charge in [-0.3, -0.25) is 13.9 Å². The van der Waals surface area contributed by atoms with E-state index in [1.54, 1.807) is 17.0 Å². The molecule has 7 nitrogen and oxygen atoms in total. The minimum absolute atomic E-state index is 0.138. The van der Waals surface area contributed by atoms with Gasteiger partial charge in [0.1, 0.15) is 6.04 Å². The van der Waals surface area contributed by atoms with Gasteiger partial charge in [-0.25, -0.2) is 8.42 Å². The Bertz CT molecular complexity index is 1370. The monoisotopic (exact) mass is 521 g/mol. The van der Waals surface area contributed by atoms with Gasteiger partial charge in [-0.15, -0.1) is 0 Å². The largest absolute Gasteiger partial charge is 0.354 e. The molecule has 4 rings (SSSR count). The van der Waals surface area contributed by atoms with Crippen molar-refractivity contribution in [2.75, 3.05) is 17.4 Å². The number of rotatable bonds is 11. The highest BCUT2D eigenvalue weighted by molar-refractivity contribution is 7.93. The summed E-state index contributed by atoms with van der Waals surface area (Å²) in [5.74, 6) is -0.0248. The van der Waals surface area contributed by atoms with Crippen molar-refractivity contribution in [1.82, 2.24) is 10.2 Å². The Morgan fingerprint density at radius 1 is 0.973 bits per heavy atom. The molecule has 0 aliphatic carbocycles. The zero-order valence-electron chi connectivity index (χ0n) is 21.7. The zero-order chi connectivity index (χ0) is 26.6. The minimum Gasteiger partial charge on any atom is -0.354 e. The van der Waals surface area contributed by atoms with Crippen molar-refractivity contribution >= 4 is 38.3 Å². The van der Waals surface area contributed by atoms with Crippen LogP contribution in [0.3, 0.4) is 0 Å². The van der Waals surface area contributed by atoms with E-state index in [-0.39, 0.29) is 24.8 Å². The number of nitrogens with one attached hydrogen (secondary N) is 1. The lowest BCUT2D eigenvalue weighted by molar-refractivity contribution is -0.141.